The van der Waals surface area contributed by atoms with Gasteiger partial charge in [-0.3, -0.25) is 9.59 Å². The van der Waals surface area contributed by atoms with Crippen molar-refractivity contribution in [2.75, 3.05) is 17.2 Å². The van der Waals surface area contributed by atoms with Crippen LogP contribution in [0.4, 0.5) is 11.4 Å². The molecule has 0 aromatic heterocycles. The number of benzene rings is 3. The summed E-state index contributed by atoms with van der Waals surface area (Å²) in [5, 5.41) is 5.65. The largest absolute Gasteiger partial charge is 0.484 e. The Bertz CT molecular complexity index is 1010. The number of nitrogens with one attached hydrogen (secondary N) is 2. The van der Waals surface area contributed by atoms with E-state index >= 15 is 0 Å². The van der Waals surface area contributed by atoms with Crippen LogP contribution in [0.25, 0.3) is 0 Å². The van der Waals surface area contributed by atoms with Crippen LogP contribution in [0, 0.1) is 0 Å². The zero-order valence-electron chi connectivity index (χ0n) is 18.1. The number of amides is 2. The molecule has 0 saturated heterocycles. The molecule has 0 aliphatic rings. The molecule has 3 aromatic rings. The maximum Gasteiger partial charge on any atom is 0.262 e. The standard InChI is InChI=1S/C26H28N2O3/c1-26(2,3)20-9-15-23(16-10-20)31-18-25(30)28-22-13-11-21(12-14-22)27-24(29)17-19-7-5-4-6-8-19/h4-16H,17-18H2,1-3H3,(H,27,29)(H,28,30). The zero-order chi connectivity index (χ0) is 22.3. The quantitative estimate of drug-likeness (QED) is 0.557. The number of carbonyl (C=O) groups excluding carboxylic acids is 2. The van der Waals surface area contributed by atoms with Crippen LogP contribution in [0.3, 0.4) is 0 Å². The van der Waals surface area contributed by atoms with E-state index < -0.39 is 0 Å². The first kappa shape index (κ1) is 22.1. The third-order valence-electron chi connectivity index (χ3n) is 4.75. The van der Waals surface area contributed by atoms with Crippen LogP contribution in [0.1, 0.15) is 31.9 Å². The first-order valence-electron chi connectivity index (χ1n) is 10.3. The van der Waals surface area contributed by atoms with Crippen molar-refractivity contribution in [2.45, 2.75) is 32.6 Å². The molecule has 2 amide bonds. The monoisotopic (exact) mass is 416 g/mol. The fourth-order valence-corrected chi connectivity index (χ4v) is 3.02. The molecule has 160 valence electrons. The van der Waals surface area contributed by atoms with Crippen LogP contribution >= 0.6 is 0 Å². The van der Waals surface area contributed by atoms with Crippen LogP contribution in [-0.2, 0) is 21.4 Å². The molecule has 5 heteroatoms. The summed E-state index contributed by atoms with van der Waals surface area (Å²) >= 11 is 0. The van der Waals surface area contributed by atoms with Crippen LogP contribution in [0.5, 0.6) is 5.75 Å². The topological polar surface area (TPSA) is 67.4 Å². The fourth-order valence-electron chi connectivity index (χ4n) is 3.02. The smallest absolute Gasteiger partial charge is 0.262 e. The molecular weight excluding hydrogens is 388 g/mol. The minimum absolute atomic E-state index is 0.0725. The first-order chi connectivity index (χ1) is 14.8. The van der Waals surface area contributed by atoms with E-state index in [9.17, 15) is 9.59 Å². The van der Waals surface area contributed by atoms with Crippen molar-refractivity contribution in [3.05, 3.63) is 90.0 Å². The highest BCUT2D eigenvalue weighted by Crippen LogP contribution is 2.24. The molecule has 3 aromatic carbocycles. The molecule has 0 bridgehead atoms. The minimum atomic E-state index is -0.249. The minimum Gasteiger partial charge on any atom is -0.484 e. The second-order valence-electron chi connectivity index (χ2n) is 8.40. The normalized spacial score (nSPS) is 10.9. The van der Waals surface area contributed by atoms with E-state index in [0.29, 0.717) is 23.5 Å². The van der Waals surface area contributed by atoms with Gasteiger partial charge in [0.2, 0.25) is 5.91 Å². The van der Waals surface area contributed by atoms with Gasteiger partial charge in [0.05, 0.1) is 6.42 Å². The highest BCUT2D eigenvalue weighted by Gasteiger charge is 2.13. The molecular formula is C26H28N2O3. The van der Waals surface area contributed by atoms with Crippen LogP contribution in [0.15, 0.2) is 78.9 Å². The Kier molecular flexibility index (Phi) is 7.08. The Hall–Kier alpha value is -3.60. The molecule has 31 heavy (non-hydrogen) atoms. The summed E-state index contributed by atoms with van der Waals surface area (Å²) in [7, 11) is 0. The van der Waals surface area contributed by atoms with Gasteiger partial charge >= 0.3 is 0 Å². The number of rotatable bonds is 7. The molecule has 0 unspecified atom stereocenters. The van der Waals surface area contributed by atoms with Crippen LogP contribution < -0.4 is 15.4 Å². The van der Waals surface area contributed by atoms with Gasteiger partial charge in [0.15, 0.2) is 6.61 Å². The number of hydrogen-bond donors (Lipinski definition) is 2. The number of ether oxygens (including phenoxy) is 1. The van der Waals surface area contributed by atoms with E-state index in [1.807, 2.05) is 54.6 Å². The van der Waals surface area contributed by atoms with Gasteiger partial charge in [0.25, 0.3) is 5.91 Å². The number of carbonyl (C=O) groups is 2. The lowest BCUT2D eigenvalue weighted by Gasteiger charge is -2.19. The van der Waals surface area contributed by atoms with Crippen LogP contribution in [-0.4, -0.2) is 18.4 Å². The van der Waals surface area contributed by atoms with E-state index in [2.05, 4.69) is 31.4 Å². The van der Waals surface area contributed by atoms with Crippen molar-refractivity contribution in [3.8, 4) is 5.75 Å². The predicted molar refractivity (Wildman–Crippen MR) is 124 cm³/mol. The van der Waals surface area contributed by atoms with Crippen molar-refractivity contribution >= 4 is 23.2 Å². The molecule has 0 aliphatic carbocycles. The zero-order valence-corrected chi connectivity index (χ0v) is 18.1. The summed E-state index contributed by atoms with van der Waals surface area (Å²) in [6.45, 7) is 6.37. The lowest BCUT2D eigenvalue weighted by molar-refractivity contribution is -0.118. The maximum atomic E-state index is 12.2. The molecule has 0 radical (unpaired) electrons. The van der Waals surface area contributed by atoms with Crippen LogP contribution in [0.2, 0.25) is 0 Å². The third kappa shape index (κ3) is 7.00. The Morgan fingerprint density at radius 3 is 1.84 bits per heavy atom. The summed E-state index contributed by atoms with van der Waals surface area (Å²) in [6.07, 6.45) is 0.313. The second kappa shape index (κ2) is 9.94. The van der Waals surface area contributed by atoms with Gasteiger partial charge in [-0.1, -0.05) is 63.2 Å². The van der Waals surface area contributed by atoms with Crippen molar-refractivity contribution < 1.29 is 14.3 Å². The Balaban J connectivity index is 1.45. The van der Waals surface area contributed by atoms with Gasteiger partial charge in [-0.25, -0.2) is 0 Å². The molecule has 3 rings (SSSR count). The first-order valence-corrected chi connectivity index (χ1v) is 10.3. The summed E-state index contributed by atoms with van der Waals surface area (Å²) < 4.78 is 5.57. The molecule has 0 heterocycles. The van der Waals surface area contributed by atoms with Gasteiger partial charge in [-0.2, -0.15) is 0 Å². The SMILES string of the molecule is CC(C)(C)c1ccc(OCC(=O)Nc2ccc(NC(=O)Cc3ccccc3)cc2)cc1. The average molecular weight is 417 g/mol. The highest BCUT2D eigenvalue weighted by molar-refractivity contribution is 5.94. The van der Waals surface area contributed by atoms with Gasteiger partial charge < -0.3 is 15.4 Å². The van der Waals surface area contributed by atoms with Gasteiger partial charge in [-0.05, 0) is 52.9 Å². The molecule has 0 spiro atoms. The molecule has 2 N–H and O–H groups in total. The van der Waals surface area contributed by atoms with Crippen molar-refractivity contribution in [2.24, 2.45) is 0 Å². The summed E-state index contributed by atoms with van der Waals surface area (Å²) in [6, 6.07) is 24.3. The van der Waals surface area contributed by atoms with E-state index in [4.69, 9.17) is 4.74 Å². The van der Waals surface area contributed by atoms with E-state index in [-0.39, 0.29) is 23.8 Å². The van der Waals surface area contributed by atoms with Crippen molar-refractivity contribution in [1.82, 2.24) is 0 Å². The predicted octanol–water partition coefficient (Wildman–Crippen LogP) is 5.18. The molecule has 0 fully saturated rings. The average Bonchev–Trinajstić information content (AvgIpc) is 2.74. The lowest BCUT2D eigenvalue weighted by atomic mass is 9.87. The summed E-state index contributed by atoms with van der Waals surface area (Å²) in [5.74, 6) is 0.314. The van der Waals surface area contributed by atoms with E-state index in [0.717, 1.165) is 5.56 Å². The second-order valence-corrected chi connectivity index (χ2v) is 8.40. The molecule has 5 nitrogen and oxygen atoms in total. The number of anilines is 2. The van der Waals surface area contributed by atoms with E-state index in [1.165, 1.54) is 5.56 Å². The molecule has 0 atom stereocenters. The Morgan fingerprint density at radius 2 is 1.29 bits per heavy atom. The third-order valence-corrected chi connectivity index (χ3v) is 4.75. The van der Waals surface area contributed by atoms with Gasteiger partial charge in [0.1, 0.15) is 5.75 Å². The van der Waals surface area contributed by atoms with Crippen molar-refractivity contribution in [1.29, 1.82) is 0 Å². The Labute approximate surface area is 183 Å². The molecule has 0 aliphatic heterocycles. The van der Waals surface area contributed by atoms with E-state index in [1.54, 1.807) is 24.3 Å². The fraction of sp³-hybridized carbons (Fsp3) is 0.231. The van der Waals surface area contributed by atoms with Crippen molar-refractivity contribution in [3.63, 3.8) is 0 Å². The lowest BCUT2D eigenvalue weighted by Crippen LogP contribution is -2.20. The maximum absolute atomic E-state index is 12.2. The molecule has 0 saturated carbocycles. The Morgan fingerprint density at radius 1 is 0.742 bits per heavy atom. The van der Waals surface area contributed by atoms with Gasteiger partial charge in [-0.15, -0.1) is 0 Å². The highest BCUT2D eigenvalue weighted by atomic mass is 16.5. The number of hydrogen-bond acceptors (Lipinski definition) is 3. The van der Waals surface area contributed by atoms with Gasteiger partial charge in [0, 0.05) is 11.4 Å². The summed E-state index contributed by atoms with van der Waals surface area (Å²) in [4.78, 5) is 24.3. The summed E-state index contributed by atoms with van der Waals surface area (Å²) in [5.41, 5.74) is 3.55.